The van der Waals surface area contributed by atoms with Crippen molar-refractivity contribution in [3.8, 4) is 0 Å². The second-order valence-corrected chi connectivity index (χ2v) is 5.75. The molecule has 5 heteroatoms. The summed E-state index contributed by atoms with van der Waals surface area (Å²) in [7, 11) is 1.86. The Morgan fingerprint density at radius 3 is 3.11 bits per heavy atom. The lowest BCUT2D eigenvalue weighted by molar-refractivity contribution is -0.0613. The van der Waals surface area contributed by atoms with Crippen LogP contribution in [0.15, 0.2) is 12.4 Å². The van der Waals surface area contributed by atoms with E-state index in [1.54, 1.807) is 6.33 Å². The summed E-state index contributed by atoms with van der Waals surface area (Å²) in [5.41, 5.74) is -0.423. The lowest BCUT2D eigenvalue weighted by Gasteiger charge is -2.47. The molecule has 0 aromatic carbocycles. The van der Waals surface area contributed by atoms with E-state index in [1.165, 1.54) is 12.8 Å². The molecule has 2 fully saturated rings. The number of hydrogen-bond acceptors (Lipinski definition) is 5. The van der Waals surface area contributed by atoms with E-state index in [0.29, 0.717) is 5.92 Å². The minimum Gasteiger partial charge on any atom is -0.389 e. The zero-order valence-electron chi connectivity index (χ0n) is 11.5. The van der Waals surface area contributed by atoms with Crippen LogP contribution in [-0.2, 0) is 0 Å². The minimum absolute atomic E-state index is 0.392. The highest BCUT2D eigenvalue weighted by Crippen LogP contribution is 2.40. The summed E-state index contributed by atoms with van der Waals surface area (Å²) in [4.78, 5) is 10.8. The first-order chi connectivity index (χ1) is 9.21. The molecular formula is C14H22N4O. The number of nitrogens with zero attached hydrogens (tertiary/aromatic N) is 3. The van der Waals surface area contributed by atoms with Gasteiger partial charge in [0.05, 0.1) is 5.60 Å². The number of piperidine rings is 1. The normalized spacial score (nSPS) is 30.8. The lowest BCUT2D eigenvalue weighted by Crippen LogP contribution is -2.53. The summed E-state index contributed by atoms with van der Waals surface area (Å²) in [5, 5.41) is 13.7. The summed E-state index contributed by atoms with van der Waals surface area (Å²) < 4.78 is 0. The fraction of sp³-hybridized carbons (Fsp3) is 0.714. The smallest absolute Gasteiger partial charge is 0.134 e. The lowest BCUT2D eigenvalue weighted by atomic mass is 9.71. The van der Waals surface area contributed by atoms with E-state index in [9.17, 15) is 5.11 Å². The molecule has 2 heterocycles. The highest BCUT2D eigenvalue weighted by molar-refractivity contribution is 5.48. The van der Waals surface area contributed by atoms with Gasteiger partial charge in [0, 0.05) is 32.1 Å². The monoisotopic (exact) mass is 262 g/mol. The molecule has 5 nitrogen and oxygen atoms in total. The maximum Gasteiger partial charge on any atom is 0.134 e. The van der Waals surface area contributed by atoms with Crippen molar-refractivity contribution in [3.63, 3.8) is 0 Å². The molecule has 0 radical (unpaired) electrons. The van der Waals surface area contributed by atoms with Crippen LogP contribution in [-0.4, -0.2) is 40.8 Å². The predicted octanol–water partition coefficient (Wildman–Crippen LogP) is 1.65. The Balaban J connectivity index is 1.76. The Morgan fingerprint density at radius 2 is 2.26 bits per heavy atom. The second-order valence-electron chi connectivity index (χ2n) is 5.75. The zero-order valence-corrected chi connectivity index (χ0v) is 11.5. The predicted molar refractivity (Wildman–Crippen MR) is 75.3 cm³/mol. The Bertz CT molecular complexity index is 453. The Morgan fingerprint density at radius 1 is 1.37 bits per heavy atom. The van der Waals surface area contributed by atoms with E-state index in [2.05, 4.69) is 20.2 Å². The van der Waals surface area contributed by atoms with Crippen molar-refractivity contribution >= 4 is 11.6 Å². The van der Waals surface area contributed by atoms with Gasteiger partial charge in [0.25, 0.3) is 0 Å². The number of rotatable bonds is 2. The van der Waals surface area contributed by atoms with E-state index >= 15 is 0 Å². The summed E-state index contributed by atoms with van der Waals surface area (Å²) in [6.45, 7) is 1.80. The molecular weight excluding hydrogens is 240 g/mol. The maximum atomic E-state index is 10.7. The summed E-state index contributed by atoms with van der Waals surface area (Å²) in [6, 6.07) is 1.98. The fourth-order valence-corrected chi connectivity index (χ4v) is 3.44. The molecule has 0 amide bonds. The second kappa shape index (κ2) is 4.96. The first-order valence-electron chi connectivity index (χ1n) is 7.18. The number of aliphatic hydroxyl groups is 1. The van der Waals surface area contributed by atoms with Gasteiger partial charge in [-0.25, -0.2) is 9.97 Å². The van der Waals surface area contributed by atoms with Crippen molar-refractivity contribution in [1.29, 1.82) is 0 Å². The highest BCUT2D eigenvalue weighted by Gasteiger charge is 2.42. The van der Waals surface area contributed by atoms with Gasteiger partial charge in [0.1, 0.15) is 18.0 Å². The minimum atomic E-state index is -0.423. The molecule has 1 aliphatic carbocycles. The molecule has 1 aromatic heterocycles. The van der Waals surface area contributed by atoms with Crippen LogP contribution in [0.2, 0.25) is 0 Å². The number of hydrogen-bond donors (Lipinski definition) is 2. The van der Waals surface area contributed by atoms with Crippen molar-refractivity contribution in [2.24, 2.45) is 5.92 Å². The van der Waals surface area contributed by atoms with Gasteiger partial charge in [0.15, 0.2) is 0 Å². The Hall–Kier alpha value is -1.36. The van der Waals surface area contributed by atoms with Crippen molar-refractivity contribution in [1.82, 2.24) is 9.97 Å². The van der Waals surface area contributed by atoms with Crippen molar-refractivity contribution in [3.05, 3.63) is 12.4 Å². The van der Waals surface area contributed by atoms with Gasteiger partial charge in [-0.1, -0.05) is 12.8 Å². The van der Waals surface area contributed by atoms with Crippen LogP contribution < -0.4 is 10.2 Å². The van der Waals surface area contributed by atoms with Gasteiger partial charge in [-0.15, -0.1) is 0 Å². The standard InChI is InChI=1S/C14H22N4O/c1-15-12-8-13(17-10-16-12)18-7-6-14(19)5-3-2-4-11(14)9-18/h8,10-11,19H,2-7,9H2,1H3,(H,15,16,17). The molecule has 0 bridgehead atoms. The fourth-order valence-electron chi connectivity index (χ4n) is 3.44. The molecule has 1 aromatic rings. The van der Waals surface area contributed by atoms with Gasteiger partial charge in [0.2, 0.25) is 0 Å². The van der Waals surface area contributed by atoms with E-state index in [1.807, 2.05) is 13.1 Å². The third-order valence-electron chi connectivity index (χ3n) is 4.66. The average molecular weight is 262 g/mol. The van der Waals surface area contributed by atoms with Gasteiger partial charge in [-0.3, -0.25) is 0 Å². The van der Waals surface area contributed by atoms with E-state index in [0.717, 1.165) is 44.0 Å². The number of aromatic nitrogens is 2. The first kappa shape index (κ1) is 12.7. The molecule has 1 saturated heterocycles. The topological polar surface area (TPSA) is 61.3 Å². The van der Waals surface area contributed by atoms with Crippen LogP contribution in [0.5, 0.6) is 0 Å². The van der Waals surface area contributed by atoms with Crippen LogP contribution in [0.25, 0.3) is 0 Å². The summed E-state index contributed by atoms with van der Waals surface area (Å²) in [6.07, 6.45) is 6.98. The molecule has 2 N–H and O–H groups in total. The molecule has 2 aliphatic rings. The molecule has 1 aliphatic heterocycles. The van der Waals surface area contributed by atoms with Crippen LogP contribution in [0.1, 0.15) is 32.1 Å². The third-order valence-corrected chi connectivity index (χ3v) is 4.66. The summed E-state index contributed by atoms with van der Waals surface area (Å²) in [5.74, 6) is 2.20. The number of fused-ring (bicyclic) bond motifs is 1. The molecule has 1 saturated carbocycles. The van der Waals surface area contributed by atoms with Crippen molar-refractivity contribution in [2.45, 2.75) is 37.7 Å². The van der Waals surface area contributed by atoms with Crippen LogP contribution in [0.3, 0.4) is 0 Å². The number of anilines is 2. The maximum absolute atomic E-state index is 10.7. The number of nitrogens with one attached hydrogen (secondary N) is 1. The van der Waals surface area contributed by atoms with Gasteiger partial charge < -0.3 is 15.3 Å². The molecule has 2 unspecified atom stereocenters. The van der Waals surface area contributed by atoms with Crippen LogP contribution >= 0.6 is 0 Å². The molecule has 3 rings (SSSR count). The van der Waals surface area contributed by atoms with E-state index in [-0.39, 0.29) is 0 Å². The summed E-state index contributed by atoms with van der Waals surface area (Å²) >= 11 is 0. The Kier molecular flexibility index (Phi) is 3.31. The van der Waals surface area contributed by atoms with Gasteiger partial charge >= 0.3 is 0 Å². The van der Waals surface area contributed by atoms with Crippen LogP contribution in [0.4, 0.5) is 11.6 Å². The molecule has 19 heavy (non-hydrogen) atoms. The Labute approximate surface area is 114 Å². The third kappa shape index (κ3) is 2.39. The van der Waals surface area contributed by atoms with E-state index < -0.39 is 5.60 Å². The van der Waals surface area contributed by atoms with Crippen LogP contribution in [0, 0.1) is 5.92 Å². The first-order valence-corrected chi connectivity index (χ1v) is 7.18. The van der Waals surface area contributed by atoms with Crippen molar-refractivity contribution in [2.75, 3.05) is 30.4 Å². The van der Waals surface area contributed by atoms with E-state index in [4.69, 9.17) is 0 Å². The van der Waals surface area contributed by atoms with Gasteiger partial charge in [-0.05, 0) is 19.3 Å². The molecule has 104 valence electrons. The molecule has 2 atom stereocenters. The largest absolute Gasteiger partial charge is 0.389 e. The quantitative estimate of drug-likeness (QED) is 0.848. The zero-order chi connectivity index (χ0) is 13.3. The van der Waals surface area contributed by atoms with Crippen molar-refractivity contribution < 1.29 is 5.11 Å². The molecule has 0 spiro atoms. The van der Waals surface area contributed by atoms with Gasteiger partial charge in [-0.2, -0.15) is 0 Å². The average Bonchev–Trinajstić information content (AvgIpc) is 2.46. The SMILES string of the molecule is CNc1cc(N2CCC3(O)CCCCC3C2)ncn1. The highest BCUT2D eigenvalue weighted by atomic mass is 16.3.